The normalized spacial score (nSPS) is 13.2. The van der Waals surface area contributed by atoms with Crippen LogP contribution in [0.15, 0.2) is 27.6 Å². The maximum atomic E-state index is 9.29. The van der Waals surface area contributed by atoms with Crippen LogP contribution in [0.2, 0.25) is 0 Å². The van der Waals surface area contributed by atoms with Gasteiger partial charge in [-0.05, 0) is 47.0 Å². The molecule has 3 heteroatoms. The van der Waals surface area contributed by atoms with Crippen LogP contribution in [0.5, 0.6) is 0 Å². The van der Waals surface area contributed by atoms with Gasteiger partial charge in [-0.1, -0.05) is 19.9 Å². The van der Waals surface area contributed by atoms with E-state index in [-0.39, 0.29) is 6.10 Å². The Morgan fingerprint density at radius 1 is 1.33 bits per heavy atom. The summed E-state index contributed by atoms with van der Waals surface area (Å²) in [7, 11) is 0. The summed E-state index contributed by atoms with van der Waals surface area (Å²) < 4.78 is 1.12. The fraction of sp³-hybridized carbons (Fsp3) is 0.500. The number of thioether (sulfide) groups is 1. The minimum Gasteiger partial charge on any atom is -0.393 e. The Morgan fingerprint density at radius 2 is 2.00 bits per heavy atom. The summed E-state index contributed by atoms with van der Waals surface area (Å²) in [5.41, 5.74) is 1.17. The van der Waals surface area contributed by atoms with Crippen molar-refractivity contribution in [2.24, 2.45) is 0 Å². The van der Waals surface area contributed by atoms with E-state index in [1.165, 1.54) is 10.5 Å². The summed E-state index contributed by atoms with van der Waals surface area (Å²) in [5, 5.41) is 9.88. The quantitative estimate of drug-likeness (QED) is 0.849. The van der Waals surface area contributed by atoms with E-state index in [0.29, 0.717) is 11.7 Å². The monoisotopic (exact) mass is 288 g/mol. The average molecular weight is 289 g/mol. The highest BCUT2D eigenvalue weighted by Crippen LogP contribution is 2.31. The highest BCUT2D eigenvalue weighted by Gasteiger charge is 2.06. The second-order valence-electron chi connectivity index (χ2n) is 3.98. The SMILES string of the molecule is CC(O)Cc1ccc(SC(C)C)c(Br)c1. The maximum absolute atomic E-state index is 9.29. The molecule has 1 aromatic rings. The van der Waals surface area contributed by atoms with Gasteiger partial charge in [-0.15, -0.1) is 11.8 Å². The molecule has 0 fully saturated rings. The molecule has 84 valence electrons. The van der Waals surface area contributed by atoms with E-state index >= 15 is 0 Å². The predicted molar refractivity (Wildman–Crippen MR) is 70.5 cm³/mol. The molecular weight excluding hydrogens is 272 g/mol. The van der Waals surface area contributed by atoms with Gasteiger partial charge in [0.15, 0.2) is 0 Å². The summed E-state index contributed by atoms with van der Waals surface area (Å²) in [6.07, 6.45) is 0.436. The van der Waals surface area contributed by atoms with Crippen molar-refractivity contribution < 1.29 is 5.11 Å². The van der Waals surface area contributed by atoms with E-state index in [0.717, 1.165) is 4.47 Å². The van der Waals surface area contributed by atoms with E-state index in [1.807, 2.05) is 18.7 Å². The molecule has 1 rings (SSSR count). The van der Waals surface area contributed by atoms with Crippen molar-refractivity contribution in [2.75, 3.05) is 0 Å². The summed E-state index contributed by atoms with van der Waals surface area (Å²) >= 11 is 5.41. The van der Waals surface area contributed by atoms with Gasteiger partial charge >= 0.3 is 0 Å². The van der Waals surface area contributed by atoms with E-state index in [2.05, 4.69) is 48.0 Å². The van der Waals surface area contributed by atoms with Crippen LogP contribution in [0.4, 0.5) is 0 Å². The minimum absolute atomic E-state index is 0.277. The van der Waals surface area contributed by atoms with E-state index < -0.39 is 0 Å². The molecule has 0 heterocycles. The molecular formula is C12H17BrOS. The molecule has 0 aliphatic rings. The Balaban J connectivity index is 2.78. The topological polar surface area (TPSA) is 20.2 Å². The molecule has 1 nitrogen and oxygen atoms in total. The smallest absolute Gasteiger partial charge is 0.0552 e. The van der Waals surface area contributed by atoms with Crippen molar-refractivity contribution in [3.63, 3.8) is 0 Å². The number of halogens is 1. The number of rotatable bonds is 4. The van der Waals surface area contributed by atoms with Gasteiger partial charge in [0.2, 0.25) is 0 Å². The molecule has 15 heavy (non-hydrogen) atoms. The zero-order chi connectivity index (χ0) is 11.4. The van der Waals surface area contributed by atoms with Crippen LogP contribution in [-0.2, 0) is 6.42 Å². The lowest BCUT2D eigenvalue weighted by atomic mass is 10.1. The number of aliphatic hydroxyl groups excluding tert-OH is 1. The molecule has 0 saturated carbocycles. The molecule has 1 unspecified atom stereocenters. The van der Waals surface area contributed by atoms with Gasteiger partial charge in [0.05, 0.1) is 6.10 Å². The Labute approximate surface area is 104 Å². The number of hydrogen-bond acceptors (Lipinski definition) is 2. The fourth-order valence-electron chi connectivity index (χ4n) is 1.36. The molecule has 1 aromatic carbocycles. The van der Waals surface area contributed by atoms with Crippen LogP contribution >= 0.6 is 27.7 Å². The van der Waals surface area contributed by atoms with E-state index in [1.54, 1.807) is 0 Å². The molecule has 0 aliphatic carbocycles. The van der Waals surface area contributed by atoms with Gasteiger partial charge in [0.1, 0.15) is 0 Å². The van der Waals surface area contributed by atoms with E-state index in [9.17, 15) is 5.11 Å². The highest BCUT2D eigenvalue weighted by atomic mass is 79.9. The molecule has 0 saturated heterocycles. The van der Waals surface area contributed by atoms with Crippen LogP contribution in [-0.4, -0.2) is 16.5 Å². The Bertz CT molecular complexity index is 323. The van der Waals surface area contributed by atoms with Crippen LogP contribution in [0.25, 0.3) is 0 Å². The van der Waals surface area contributed by atoms with Crippen LogP contribution in [0, 0.1) is 0 Å². The van der Waals surface area contributed by atoms with Crippen LogP contribution < -0.4 is 0 Å². The van der Waals surface area contributed by atoms with Gasteiger partial charge in [-0.2, -0.15) is 0 Å². The third-order valence-electron chi connectivity index (χ3n) is 1.89. The fourth-order valence-corrected chi connectivity index (χ4v) is 2.89. The molecule has 0 spiro atoms. The number of aliphatic hydroxyl groups is 1. The Hall–Kier alpha value is 0.01000. The van der Waals surface area contributed by atoms with Gasteiger partial charge in [-0.3, -0.25) is 0 Å². The van der Waals surface area contributed by atoms with Gasteiger partial charge in [0, 0.05) is 14.6 Å². The number of benzene rings is 1. The van der Waals surface area contributed by atoms with Gasteiger partial charge in [-0.25, -0.2) is 0 Å². The zero-order valence-electron chi connectivity index (χ0n) is 9.33. The number of hydrogen-bond donors (Lipinski definition) is 1. The van der Waals surface area contributed by atoms with Crippen molar-refractivity contribution in [3.05, 3.63) is 28.2 Å². The average Bonchev–Trinajstić information content (AvgIpc) is 2.08. The second kappa shape index (κ2) is 5.92. The van der Waals surface area contributed by atoms with Crippen molar-refractivity contribution in [2.45, 2.75) is 43.4 Å². The lowest BCUT2D eigenvalue weighted by Crippen LogP contribution is -2.04. The van der Waals surface area contributed by atoms with E-state index in [4.69, 9.17) is 0 Å². The lowest BCUT2D eigenvalue weighted by molar-refractivity contribution is 0.195. The Morgan fingerprint density at radius 3 is 2.47 bits per heavy atom. The van der Waals surface area contributed by atoms with Crippen LogP contribution in [0.1, 0.15) is 26.3 Å². The second-order valence-corrected chi connectivity index (χ2v) is 6.46. The molecule has 1 atom stereocenters. The zero-order valence-corrected chi connectivity index (χ0v) is 11.7. The first-order valence-corrected chi connectivity index (χ1v) is 6.79. The van der Waals surface area contributed by atoms with Crippen molar-refractivity contribution >= 4 is 27.7 Å². The standard InChI is InChI=1S/C12H17BrOS/c1-8(2)15-12-5-4-10(6-9(3)14)7-11(12)13/h4-5,7-9,14H,6H2,1-3H3. The highest BCUT2D eigenvalue weighted by molar-refractivity contribution is 9.10. The van der Waals surface area contributed by atoms with Crippen molar-refractivity contribution in [3.8, 4) is 0 Å². The van der Waals surface area contributed by atoms with Gasteiger partial charge in [0.25, 0.3) is 0 Å². The molecule has 0 radical (unpaired) electrons. The lowest BCUT2D eigenvalue weighted by Gasteiger charge is -2.10. The molecule has 0 bridgehead atoms. The predicted octanol–water partition coefficient (Wildman–Crippen LogP) is 3.87. The van der Waals surface area contributed by atoms with Crippen LogP contribution in [0.3, 0.4) is 0 Å². The summed E-state index contributed by atoms with van der Waals surface area (Å²) in [6, 6.07) is 6.30. The summed E-state index contributed by atoms with van der Waals surface area (Å²) in [5.74, 6) is 0. The third kappa shape index (κ3) is 4.58. The van der Waals surface area contributed by atoms with Crippen molar-refractivity contribution in [1.29, 1.82) is 0 Å². The van der Waals surface area contributed by atoms with Gasteiger partial charge < -0.3 is 5.11 Å². The molecule has 0 amide bonds. The molecule has 0 aromatic heterocycles. The molecule has 1 N–H and O–H groups in total. The first kappa shape index (κ1) is 13.1. The third-order valence-corrected chi connectivity index (χ3v) is 3.89. The largest absolute Gasteiger partial charge is 0.393 e. The summed E-state index contributed by atoms with van der Waals surface area (Å²) in [4.78, 5) is 1.26. The minimum atomic E-state index is -0.277. The summed E-state index contributed by atoms with van der Waals surface area (Å²) in [6.45, 7) is 6.17. The first-order valence-electron chi connectivity index (χ1n) is 5.12. The van der Waals surface area contributed by atoms with Crippen molar-refractivity contribution in [1.82, 2.24) is 0 Å². The molecule has 0 aliphatic heterocycles. The first-order chi connectivity index (χ1) is 6.99. The Kier molecular flexibility index (Phi) is 5.16. The maximum Gasteiger partial charge on any atom is 0.0552 e.